The molecule has 0 aliphatic carbocycles. The van der Waals surface area contributed by atoms with Gasteiger partial charge in [-0.1, -0.05) is 18.2 Å². The minimum Gasteiger partial charge on any atom is -0.324 e. The van der Waals surface area contributed by atoms with E-state index in [1.807, 2.05) is 11.8 Å². The number of nitrogens with one attached hydrogen (secondary N) is 1. The normalized spacial score (nSPS) is 12.2. The van der Waals surface area contributed by atoms with Gasteiger partial charge in [-0.25, -0.2) is 13.2 Å². The first kappa shape index (κ1) is 18.0. The summed E-state index contributed by atoms with van der Waals surface area (Å²) in [6.07, 6.45) is 0.152. The van der Waals surface area contributed by atoms with Crippen molar-refractivity contribution in [3.8, 4) is 0 Å². The van der Waals surface area contributed by atoms with E-state index in [2.05, 4.69) is 5.32 Å². The number of carbonyl (C=O) groups excluding carboxylic acids is 1. The Bertz CT molecular complexity index is 721. The number of amides is 1. The molecule has 0 heterocycles. The molecule has 1 atom stereocenters. The molecule has 2 rings (SSSR count). The van der Waals surface area contributed by atoms with Crippen molar-refractivity contribution >= 4 is 11.6 Å². The van der Waals surface area contributed by atoms with E-state index in [-0.39, 0.29) is 24.1 Å². The van der Waals surface area contributed by atoms with Gasteiger partial charge in [0.15, 0.2) is 11.6 Å². The summed E-state index contributed by atoms with van der Waals surface area (Å²) in [5.74, 6) is -2.60. The number of anilines is 1. The summed E-state index contributed by atoms with van der Waals surface area (Å²) in [5.41, 5.74) is 0.754. The highest BCUT2D eigenvalue weighted by Crippen LogP contribution is 2.21. The number of nitrogens with zero attached hydrogens (tertiary/aromatic N) is 1. The zero-order valence-corrected chi connectivity index (χ0v) is 13.5. The van der Waals surface area contributed by atoms with Crippen LogP contribution in [0.3, 0.4) is 0 Å². The molecule has 2 aromatic rings. The van der Waals surface area contributed by atoms with Crippen LogP contribution in [0.4, 0.5) is 18.9 Å². The monoisotopic (exact) mass is 336 g/mol. The second-order valence-electron chi connectivity index (χ2n) is 5.61. The molecule has 0 saturated heterocycles. The van der Waals surface area contributed by atoms with Gasteiger partial charge in [0.1, 0.15) is 5.82 Å². The molecular weight excluding hydrogens is 317 g/mol. The van der Waals surface area contributed by atoms with E-state index >= 15 is 0 Å². The van der Waals surface area contributed by atoms with Gasteiger partial charge in [0.05, 0.1) is 5.69 Å². The first-order chi connectivity index (χ1) is 11.4. The van der Waals surface area contributed by atoms with Crippen molar-refractivity contribution in [2.45, 2.75) is 19.4 Å². The van der Waals surface area contributed by atoms with Gasteiger partial charge >= 0.3 is 0 Å². The zero-order chi connectivity index (χ0) is 17.7. The van der Waals surface area contributed by atoms with E-state index in [0.29, 0.717) is 12.1 Å². The molecule has 0 aliphatic heterocycles. The fourth-order valence-electron chi connectivity index (χ4n) is 2.27. The molecule has 24 heavy (non-hydrogen) atoms. The number of para-hydroxylation sites is 1. The topological polar surface area (TPSA) is 32.3 Å². The molecule has 0 fully saturated rings. The Balaban J connectivity index is 1.89. The Kier molecular flexibility index (Phi) is 5.98. The van der Waals surface area contributed by atoms with Crippen LogP contribution in [0.2, 0.25) is 0 Å². The molecule has 1 amide bonds. The van der Waals surface area contributed by atoms with Gasteiger partial charge in [-0.05, 0) is 43.8 Å². The number of halogens is 3. The minimum absolute atomic E-state index is 0.138. The third-order valence-corrected chi connectivity index (χ3v) is 3.93. The standard InChI is InChI=1S/C18H19F3N2O/c1-12(13-7-8-14(19)16(21)11-13)23(2)10-9-18(24)22-17-6-4-3-5-15(17)20/h3-8,11-12H,9-10H2,1-2H3,(H,22,24). The van der Waals surface area contributed by atoms with Crippen molar-refractivity contribution in [2.24, 2.45) is 0 Å². The van der Waals surface area contributed by atoms with Crippen molar-refractivity contribution in [1.29, 1.82) is 0 Å². The smallest absolute Gasteiger partial charge is 0.225 e. The maximum absolute atomic E-state index is 13.5. The van der Waals surface area contributed by atoms with E-state index in [9.17, 15) is 18.0 Å². The average Bonchev–Trinajstić information content (AvgIpc) is 2.56. The number of benzene rings is 2. The van der Waals surface area contributed by atoms with Crippen LogP contribution in [0, 0.1) is 17.5 Å². The molecule has 0 aliphatic rings. The van der Waals surface area contributed by atoms with Crippen LogP contribution >= 0.6 is 0 Å². The lowest BCUT2D eigenvalue weighted by molar-refractivity contribution is -0.116. The van der Waals surface area contributed by atoms with Crippen molar-refractivity contribution in [3.05, 3.63) is 65.5 Å². The maximum atomic E-state index is 13.5. The van der Waals surface area contributed by atoms with Crippen molar-refractivity contribution in [1.82, 2.24) is 4.90 Å². The van der Waals surface area contributed by atoms with Crippen LogP contribution in [0.25, 0.3) is 0 Å². The quantitative estimate of drug-likeness (QED) is 0.860. The molecule has 128 valence electrons. The predicted molar refractivity (Wildman–Crippen MR) is 87.0 cm³/mol. The SMILES string of the molecule is CC(c1ccc(F)c(F)c1)N(C)CCC(=O)Nc1ccccc1F. The Morgan fingerprint density at radius 3 is 2.46 bits per heavy atom. The summed E-state index contributed by atoms with van der Waals surface area (Å²) in [6, 6.07) is 9.49. The lowest BCUT2D eigenvalue weighted by Crippen LogP contribution is -2.27. The Morgan fingerprint density at radius 1 is 1.08 bits per heavy atom. The van der Waals surface area contributed by atoms with E-state index in [0.717, 1.165) is 12.1 Å². The summed E-state index contributed by atoms with van der Waals surface area (Å²) >= 11 is 0. The molecule has 0 bridgehead atoms. The van der Waals surface area contributed by atoms with Gasteiger partial charge in [0, 0.05) is 19.0 Å². The van der Waals surface area contributed by atoms with Gasteiger partial charge < -0.3 is 5.32 Å². The van der Waals surface area contributed by atoms with E-state index < -0.39 is 17.5 Å². The highest BCUT2D eigenvalue weighted by molar-refractivity contribution is 5.90. The Morgan fingerprint density at radius 2 is 1.79 bits per heavy atom. The van der Waals surface area contributed by atoms with Gasteiger partial charge in [-0.2, -0.15) is 0 Å². The third-order valence-electron chi connectivity index (χ3n) is 3.93. The molecule has 2 aromatic carbocycles. The molecule has 0 aromatic heterocycles. The van der Waals surface area contributed by atoms with Crippen molar-refractivity contribution in [3.63, 3.8) is 0 Å². The van der Waals surface area contributed by atoms with Crippen molar-refractivity contribution < 1.29 is 18.0 Å². The maximum Gasteiger partial charge on any atom is 0.225 e. The highest BCUT2D eigenvalue weighted by atomic mass is 19.2. The van der Waals surface area contributed by atoms with Crippen molar-refractivity contribution in [2.75, 3.05) is 18.9 Å². The molecule has 1 N–H and O–H groups in total. The van der Waals surface area contributed by atoms with E-state index in [1.165, 1.54) is 18.2 Å². The van der Waals surface area contributed by atoms with Gasteiger partial charge in [-0.15, -0.1) is 0 Å². The van der Waals surface area contributed by atoms with Crippen LogP contribution in [-0.4, -0.2) is 24.4 Å². The van der Waals surface area contributed by atoms with Crippen LogP contribution in [0.15, 0.2) is 42.5 Å². The van der Waals surface area contributed by atoms with Crippen LogP contribution in [0.5, 0.6) is 0 Å². The van der Waals surface area contributed by atoms with Gasteiger partial charge in [0.25, 0.3) is 0 Å². The molecule has 3 nitrogen and oxygen atoms in total. The summed E-state index contributed by atoms with van der Waals surface area (Å²) < 4.78 is 39.8. The van der Waals surface area contributed by atoms with Crippen LogP contribution in [0.1, 0.15) is 24.9 Å². The highest BCUT2D eigenvalue weighted by Gasteiger charge is 2.15. The predicted octanol–water partition coefficient (Wildman–Crippen LogP) is 4.13. The Hall–Kier alpha value is -2.34. The van der Waals surface area contributed by atoms with Gasteiger partial charge in [-0.3, -0.25) is 9.69 Å². The summed E-state index contributed by atoms with van der Waals surface area (Å²) in [4.78, 5) is 13.8. The first-order valence-electron chi connectivity index (χ1n) is 7.58. The van der Waals surface area contributed by atoms with Crippen LogP contribution in [-0.2, 0) is 4.79 Å². The largest absolute Gasteiger partial charge is 0.324 e. The van der Waals surface area contributed by atoms with Gasteiger partial charge in [0.2, 0.25) is 5.91 Å². The minimum atomic E-state index is -0.898. The molecule has 0 saturated carbocycles. The zero-order valence-electron chi connectivity index (χ0n) is 13.5. The molecule has 6 heteroatoms. The summed E-state index contributed by atoms with van der Waals surface area (Å²) in [5, 5.41) is 2.51. The second kappa shape index (κ2) is 7.97. The number of hydrogen-bond acceptors (Lipinski definition) is 2. The average molecular weight is 336 g/mol. The lowest BCUT2D eigenvalue weighted by Gasteiger charge is -2.25. The number of hydrogen-bond donors (Lipinski definition) is 1. The fraction of sp³-hybridized carbons (Fsp3) is 0.278. The van der Waals surface area contributed by atoms with E-state index in [1.54, 1.807) is 19.2 Å². The summed E-state index contributed by atoms with van der Waals surface area (Å²) in [6.45, 7) is 2.22. The Labute approximate surface area is 139 Å². The fourth-order valence-corrected chi connectivity index (χ4v) is 2.27. The summed E-state index contributed by atoms with van der Waals surface area (Å²) in [7, 11) is 1.78. The molecule has 0 radical (unpaired) electrons. The molecular formula is C18H19F3N2O. The second-order valence-corrected chi connectivity index (χ2v) is 5.61. The molecule has 1 unspecified atom stereocenters. The lowest BCUT2D eigenvalue weighted by atomic mass is 10.1. The van der Waals surface area contributed by atoms with E-state index in [4.69, 9.17) is 0 Å². The number of carbonyl (C=O) groups is 1. The molecule has 0 spiro atoms. The third kappa shape index (κ3) is 4.58. The number of rotatable bonds is 6. The van der Waals surface area contributed by atoms with Crippen LogP contribution < -0.4 is 5.32 Å². The first-order valence-corrected chi connectivity index (χ1v) is 7.58.